The molecule has 1 fully saturated rings. The van der Waals surface area contributed by atoms with Gasteiger partial charge in [0.1, 0.15) is 4.32 Å². The summed E-state index contributed by atoms with van der Waals surface area (Å²) >= 11 is 6.16. The van der Waals surface area contributed by atoms with Crippen molar-refractivity contribution in [2.45, 2.75) is 6.42 Å². The second kappa shape index (κ2) is 5.54. The van der Waals surface area contributed by atoms with Crippen molar-refractivity contribution in [3.63, 3.8) is 0 Å². The number of carbonyl (C=O) groups excluding carboxylic acids is 2. The first-order valence-electron chi connectivity index (χ1n) is 6.39. The van der Waals surface area contributed by atoms with E-state index in [1.165, 1.54) is 4.90 Å². The minimum atomic E-state index is -1.01. The highest BCUT2D eigenvalue weighted by molar-refractivity contribution is 8.26. The lowest BCUT2D eigenvalue weighted by Gasteiger charge is -2.12. The Balaban J connectivity index is 1.99. The van der Waals surface area contributed by atoms with Crippen LogP contribution in [0.4, 0.5) is 5.69 Å². The van der Waals surface area contributed by atoms with Crippen molar-refractivity contribution in [1.82, 2.24) is 4.90 Å². The van der Waals surface area contributed by atoms with Crippen LogP contribution in [0.1, 0.15) is 12.0 Å². The number of thioether (sulfide) groups is 1. The van der Waals surface area contributed by atoms with Gasteiger partial charge in [0.25, 0.3) is 11.8 Å². The Kier molecular flexibility index (Phi) is 3.71. The van der Waals surface area contributed by atoms with Gasteiger partial charge < -0.3 is 10.4 Å². The Hall–Kier alpha value is -2.19. The van der Waals surface area contributed by atoms with Crippen LogP contribution in [-0.4, -0.2) is 38.7 Å². The van der Waals surface area contributed by atoms with E-state index in [0.717, 1.165) is 11.8 Å². The number of nitrogens with zero attached hydrogens (tertiary/aromatic N) is 1. The van der Waals surface area contributed by atoms with Crippen LogP contribution < -0.4 is 5.32 Å². The van der Waals surface area contributed by atoms with E-state index in [4.69, 9.17) is 17.3 Å². The van der Waals surface area contributed by atoms with Crippen molar-refractivity contribution >= 4 is 57.3 Å². The number of carboxylic acids is 1. The Morgan fingerprint density at radius 3 is 2.77 bits per heavy atom. The molecule has 2 aliphatic heterocycles. The standard InChI is InChI=1S/C14H10N2O4S2/c17-9(18)5-6-16-13(20)11(22-14(16)21)10-7-3-1-2-4-8(7)15-12(10)19/h1-4H,5-6H2,(H,15,19)(H,17,18). The molecule has 0 aliphatic carbocycles. The molecule has 0 unspecified atom stereocenters. The summed E-state index contributed by atoms with van der Waals surface area (Å²) in [4.78, 5) is 36.7. The van der Waals surface area contributed by atoms with Gasteiger partial charge in [-0.3, -0.25) is 19.3 Å². The van der Waals surface area contributed by atoms with Crippen LogP contribution in [-0.2, 0) is 14.4 Å². The molecule has 3 rings (SSSR count). The molecule has 0 radical (unpaired) electrons. The molecule has 6 nitrogen and oxygen atoms in total. The van der Waals surface area contributed by atoms with Crippen LogP contribution in [0.3, 0.4) is 0 Å². The molecular formula is C14H10N2O4S2. The SMILES string of the molecule is O=C(O)CCN1C(=O)C(=C2C(=O)Nc3ccccc32)SC1=S. The molecule has 8 heteroatoms. The molecule has 1 saturated heterocycles. The molecule has 2 N–H and O–H groups in total. The van der Waals surface area contributed by atoms with E-state index in [0.29, 0.717) is 16.8 Å². The average Bonchev–Trinajstić information content (AvgIpc) is 2.93. The van der Waals surface area contributed by atoms with Gasteiger partial charge in [0.2, 0.25) is 0 Å². The minimum absolute atomic E-state index is 0.0000455. The van der Waals surface area contributed by atoms with Crippen molar-refractivity contribution in [1.29, 1.82) is 0 Å². The highest BCUT2D eigenvalue weighted by atomic mass is 32.2. The van der Waals surface area contributed by atoms with E-state index in [2.05, 4.69) is 5.32 Å². The number of anilines is 1. The number of para-hydroxylation sites is 1. The molecule has 0 spiro atoms. The lowest BCUT2D eigenvalue weighted by molar-refractivity contribution is -0.137. The van der Waals surface area contributed by atoms with E-state index in [1.807, 2.05) is 0 Å². The van der Waals surface area contributed by atoms with Crippen molar-refractivity contribution in [3.8, 4) is 0 Å². The second-order valence-electron chi connectivity index (χ2n) is 4.67. The monoisotopic (exact) mass is 334 g/mol. The van der Waals surface area contributed by atoms with Crippen LogP contribution in [0, 0.1) is 0 Å². The predicted molar refractivity (Wildman–Crippen MR) is 86.1 cm³/mol. The lowest BCUT2D eigenvalue weighted by atomic mass is 10.1. The molecule has 0 atom stereocenters. The summed E-state index contributed by atoms with van der Waals surface area (Å²) in [5, 5.41) is 11.4. The van der Waals surface area contributed by atoms with Gasteiger partial charge in [-0.25, -0.2) is 0 Å². The summed E-state index contributed by atoms with van der Waals surface area (Å²) in [6.45, 7) is 0.0000455. The Labute approximate surface area is 135 Å². The van der Waals surface area contributed by atoms with Crippen molar-refractivity contribution in [2.75, 3.05) is 11.9 Å². The minimum Gasteiger partial charge on any atom is -0.481 e. The summed E-state index contributed by atoms with van der Waals surface area (Å²) in [5.74, 6) is -1.77. The van der Waals surface area contributed by atoms with Crippen LogP contribution in [0.2, 0.25) is 0 Å². The van der Waals surface area contributed by atoms with E-state index in [9.17, 15) is 14.4 Å². The normalized spacial score (nSPS) is 20.4. The van der Waals surface area contributed by atoms with Gasteiger partial charge in [0.15, 0.2) is 0 Å². The number of rotatable bonds is 3. The van der Waals surface area contributed by atoms with Gasteiger partial charge in [-0.2, -0.15) is 0 Å². The molecule has 22 heavy (non-hydrogen) atoms. The quantitative estimate of drug-likeness (QED) is 0.646. The van der Waals surface area contributed by atoms with Crippen LogP contribution in [0.15, 0.2) is 29.2 Å². The molecule has 1 aromatic rings. The van der Waals surface area contributed by atoms with Crippen LogP contribution in [0.5, 0.6) is 0 Å². The molecule has 0 saturated carbocycles. The fourth-order valence-corrected chi connectivity index (χ4v) is 3.68. The second-order valence-corrected chi connectivity index (χ2v) is 6.32. The first kappa shape index (κ1) is 14.7. The number of hydrogen-bond acceptors (Lipinski definition) is 5. The lowest BCUT2D eigenvalue weighted by Crippen LogP contribution is -2.30. The van der Waals surface area contributed by atoms with Gasteiger partial charge in [0.05, 0.1) is 16.9 Å². The molecule has 2 aliphatic rings. The molecule has 2 amide bonds. The maximum Gasteiger partial charge on any atom is 0.305 e. The molecule has 112 valence electrons. The van der Waals surface area contributed by atoms with Crippen LogP contribution in [0.25, 0.3) is 5.57 Å². The molecular weight excluding hydrogens is 324 g/mol. The van der Waals surface area contributed by atoms with Gasteiger partial charge >= 0.3 is 5.97 Å². The summed E-state index contributed by atoms with van der Waals surface area (Å²) in [6.07, 6.45) is -0.197. The number of fused-ring (bicyclic) bond motifs is 1. The van der Waals surface area contributed by atoms with Gasteiger partial charge in [-0.05, 0) is 6.07 Å². The Bertz CT molecular complexity index is 757. The first-order valence-corrected chi connectivity index (χ1v) is 7.62. The van der Waals surface area contributed by atoms with E-state index in [-0.39, 0.29) is 28.1 Å². The highest BCUT2D eigenvalue weighted by Gasteiger charge is 2.39. The fourth-order valence-electron chi connectivity index (χ4n) is 2.29. The smallest absolute Gasteiger partial charge is 0.305 e. The summed E-state index contributed by atoms with van der Waals surface area (Å²) in [6, 6.07) is 7.09. The number of thiocarbonyl (C=S) groups is 1. The van der Waals surface area contributed by atoms with Crippen molar-refractivity contribution < 1.29 is 19.5 Å². The summed E-state index contributed by atoms with van der Waals surface area (Å²) in [5.41, 5.74) is 1.61. The van der Waals surface area contributed by atoms with Crippen molar-refractivity contribution in [2.24, 2.45) is 0 Å². The van der Waals surface area contributed by atoms with E-state index >= 15 is 0 Å². The van der Waals surface area contributed by atoms with E-state index < -0.39 is 11.9 Å². The zero-order valence-corrected chi connectivity index (χ0v) is 12.8. The highest BCUT2D eigenvalue weighted by Crippen LogP contribution is 2.41. The fraction of sp³-hybridized carbons (Fsp3) is 0.143. The number of hydrogen-bond donors (Lipinski definition) is 2. The topological polar surface area (TPSA) is 86.7 Å². The average molecular weight is 334 g/mol. The maximum absolute atomic E-state index is 12.5. The van der Waals surface area contributed by atoms with Gasteiger partial charge in [-0.1, -0.05) is 42.2 Å². The number of carbonyl (C=O) groups is 3. The third-order valence-electron chi connectivity index (χ3n) is 3.30. The zero-order chi connectivity index (χ0) is 15.9. The predicted octanol–water partition coefficient (Wildman–Crippen LogP) is 1.68. The van der Waals surface area contributed by atoms with Crippen LogP contribution >= 0.6 is 24.0 Å². The Morgan fingerprint density at radius 2 is 2.05 bits per heavy atom. The molecule has 2 heterocycles. The Morgan fingerprint density at radius 1 is 1.32 bits per heavy atom. The third kappa shape index (κ3) is 2.40. The number of amides is 2. The number of benzene rings is 1. The molecule has 0 aromatic heterocycles. The number of carboxylic acid groups (broad SMARTS) is 1. The molecule has 1 aromatic carbocycles. The molecule has 0 bridgehead atoms. The maximum atomic E-state index is 12.5. The number of aliphatic carboxylic acids is 1. The summed E-state index contributed by atoms with van der Waals surface area (Å²) < 4.78 is 0.269. The zero-order valence-electron chi connectivity index (χ0n) is 11.2. The number of nitrogens with one attached hydrogen (secondary N) is 1. The van der Waals surface area contributed by atoms with Gasteiger partial charge in [0, 0.05) is 17.8 Å². The van der Waals surface area contributed by atoms with Crippen molar-refractivity contribution in [3.05, 3.63) is 34.7 Å². The first-order chi connectivity index (χ1) is 10.5. The summed E-state index contributed by atoms with van der Waals surface area (Å²) in [7, 11) is 0. The third-order valence-corrected chi connectivity index (χ3v) is 4.75. The van der Waals surface area contributed by atoms with Gasteiger partial charge in [-0.15, -0.1) is 0 Å². The van der Waals surface area contributed by atoms with E-state index in [1.54, 1.807) is 24.3 Å². The largest absolute Gasteiger partial charge is 0.481 e.